The van der Waals surface area contributed by atoms with Crippen LogP contribution in [-0.2, 0) is 19.1 Å². The Labute approximate surface area is 117 Å². The van der Waals surface area contributed by atoms with Crippen LogP contribution < -0.4 is 0 Å². The van der Waals surface area contributed by atoms with Gasteiger partial charge in [-0.1, -0.05) is 12.7 Å². The topological polar surface area (TPSA) is 76.1 Å². The van der Waals surface area contributed by atoms with Crippen LogP contribution in [0, 0.1) is 5.92 Å². The first kappa shape index (κ1) is 13.4. The second-order valence-corrected chi connectivity index (χ2v) is 5.96. The number of fused-ring (bicyclic) bond motifs is 3. The molecule has 20 heavy (non-hydrogen) atoms. The number of aliphatic carboxylic acids is 1. The average Bonchev–Trinajstić information content (AvgIpc) is 2.97. The smallest absolute Gasteiger partial charge is 0.334 e. The van der Waals surface area contributed by atoms with Crippen LogP contribution in [-0.4, -0.2) is 34.9 Å². The molecule has 0 aromatic rings. The van der Waals surface area contributed by atoms with E-state index in [0.717, 1.165) is 6.42 Å². The van der Waals surface area contributed by atoms with Crippen LogP contribution in [0.4, 0.5) is 0 Å². The van der Waals surface area contributed by atoms with E-state index in [4.69, 9.17) is 9.47 Å². The van der Waals surface area contributed by atoms with E-state index in [0.29, 0.717) is 30.4 Å². The standard InChI is InChI=1S/C15H18O5/c1-8-10-6-5-9(13(16)17)4-3-7-15(2)12(20-15)11(10)19-14(8)18/h4,10-12H,1,3,5-7H2,2H3,(H,16,17)/t10-,11-,12-,15+/m0/s1. The van der Waals surface area contributed by atoms with Crippen molar-refractivity contribution in [1.82, 2.24) is 0 Å². The minimum atomic E-state index is -0.892. The maximum atomic E-state index is 11.7. The summed E-state index contributed by atoms with van der Waals surface area (Å²) < 4.78 is 11.1. The minimum absolute atomic E-state index is 0.0875. The number of carbonyl (C=O) groups is 2. The molecule has 5 nitrogen and oxygen atoms in total. The van der Waals surface area contributed by atoms with Gasteiger partial charge in [-0.2, -0.15) is 0 Å². The first-order chi connectivity index (χ1) is 9.42. The molecule has 0 amide bonds. The van der Waals surface area contributed by atoms with Gasteiger partial charge in [-0.15, -0.1) is 0 Å². The van der Waals surface area contributed by atoms with Crippen LogP contribution in [0.5, 0.6) is 0 Å². The quantitative estimate of drug-likeness (QED) is 0.450. The minimum Gasteiger partial charge on any atom is -0.478 e. The third-order valence-corrected chi connectivity index (χ3v) is 4.62. The van der Waals surface area contributed by atoms with Gasteiger partial charge < -0.3 is 14.6 Å². The highest BCUT2D eigenvalue weighted by atomic mass is 16.6. The van der Waals surface area contributed by atoms with Crippen molar-refractivity contribution in [3.63, 3.8) is 0 Å². The number of carbonyl (C=O) groups excluding carboxylic acids is 1. The van der Waals surface area contributed by atoms with E-state index in [1.807, 2.05) is 6.92 Å². The van der Waals surface area contributed by atoms with E-state index in [-0.39, 0.29) is 29.7 Å². The van der Waals surface area contributed by atoms with Gasteiger partial charge in [0.1, 0.15) is 12.2 Å². The number of esters is 1. The van der Waals surface area contributed by atoms with Crippen LogP contribution in [0.15, 0.2) is 23.8 Å². The lowest BCUT2D eigenvalue weighted by atomic mass is 9.84. The summed E-state index contributed by atoms with van der Waals surface area (Å²) in [7, 11) is 0. The van der Waals surface area contributed by atoms with E-state index >= 15 is 0 Å². The highest BCUT2D eigenvalue weighted by Gasteiger charge is 2.61. The molecule has 2 saturated heterocycles. The Morgan fingerprint density at radius 3 is 3.00 bits per heavy atom. The number of hydrogen-bond donors (Lipinski definition) is 1. The molecular formula is C15H18O5. The molecule has 3 rings (SSSR count). The second kappa shape index (κ2) is 4.45. The third kappa shape index (κ3) is 2.06. The van der Waals surface area contributed by atoms with Gasteiger partial charge in [-0.3, -0.25) is 0 Å². The fourth-order valence-electron chi connectivity index (χ4n) is 3.25. The second-order valence-electron chi connectivity index (χ2n) is 5.96. The monoisotopic (exact) mass is 278 g/mol. The van der Waals surface area contributed by atoms with Crippen molar-refractivity contribution in [2.24, 2.45) is 5.92 Å². The number of hydrogen-bond acceptors (Lipinski definition) is 4. The molecule has 0 radical (unpaired) electrons. The molecule has 3 aliphatic rings. The number of carboxylic acid groups (broad SMARTS) is 1. The fraction of sp³-hybridized carbons (Fsp3) is 0.600. The highest BCUT2D eigenvalue weighted by Crippen LogP contribution is 2.49. The molecule has 0 aromatic heterocycles. The largest absolute Gasteiger partial charge is 0.478 e. The molecule has 0 saturated carbocycles. The third-order valence-electron chi connectivity index (χ3n) is 4.62. The van der Waals surface area contributed by atoms with Gasteiger partial charge in [-0.05, 0) is 32.6 Å². The Bertz CT molecular complexity index is 520. The zero-order chi connectivity index (χ0) is 14.5. The molecule has 0 bridgehead atoms. The summed E-state index contributed by atoms with van der Waals surface area (Å²) in [6, 6.07) is 0. The molecule has 2 fully saturated rings. The predicted molar refractivity (Wildman–Crippen MR) is 70.0 cm³/mol. The molecule has 1 aliphatic carbocycles. The lowest BCUT2D eigenvalue weighted by Gasteiger charge is -2.18. The van der Waals surface area contributed by atoms with Gasteiger partial charge >= 0.3 is 11.9 Å². The predicted octanol–water partition coefficient (Wildman–Crippen LogP) is 1.83. The number of carboxylic acids is 1. The summed E-state index contributed by atoms with van der Waals surface area (Å²) in [6.07, 6.45) is 3.76. The molecule has 108 valence electrons. The molecule has 0 spiro atoms. The number of epoxide rings is 1. The van der Waals surface area contributed by atoms with Gasteiger partial charge in [0.2, 0.25) is 0 Å². The van der Waals surface area contributed by atoms with Crippen LogP contribution >= 0.6 is 0 Å². The van der Waals surface area contributed by atoms with Crippen molar-refractivity contribution in [3.05, 3.63) is 23.8 Å². The zero-order valence-electron chi connectivity index (χ0n) is 11.4. The van der Waals surface area contributed by atoms with Crippen LogP contribution in [0.3, 0.4) is 0 Å². The first-order valence-corrected chi connectivity index (χ1v) is 6.92. The Morgan fingerprint density at radius 2 is 2.30 bits per heavy atom. The molecule has 0 unspecified atom stereocenters. The maximum Gasteiger partial charge on any atom is 0.334 e. The molecule has 0 aromatic carbocycles. The van der Waals surface area contributed by atoms with Gasteiger partial charge in [0, 0.05) is 17.1 Å². The summed E-state index contributed by atoms with van der Waals surface area (Å²) in [5, 5.41) is 9.20. The Hall–Kier alpha value is -1.62. The number of allylic oxidation sites excluding steroid dienone is 1. The molecule has 2 heterocycles. The average molecular weight is 278 g/mol. The first-order valence-electron chi connectivity index (χ1n) is 6.92. The van der Waals surface area contributed by atoms with E-state index in [1.54, 1.807) is 6.08 Å². The van der Waals surface area contributed by atoms with Crippen molar-refractivity contribution in [2.75, 3.05) is 0 Å². The molecule has 5 heteroatoms. The molecule has 2 aliphatic heterocycles. The fourth-order valence-corrected chi connectivity index (χ4v) is 3.25. The van der Waals surface area contributed by atoms with Crippen LogP contribution in [0.25, 0.3) is 0 Å². The van der Waals surface area contributed by atoms with Gasteiger partial charge in [0.25, 0.3) is 0 Å². The highest BCUT2D eigenvalue weighted by molar-refractivity contribution is 5.91. The summed E-state index contributed by atoms with van der Waals surface area (Å²) in [5.41, 5.74) is 0.530. The van der Waals surface area contributed by atoms with E-state index in [2.05, 4.69) is 6.58 Å². The van der Waals surface area contributed by atoms with E-state index < -0.39 is 5.97 Å². The van der Waals surface area contributed by atoms with Gasteiger partial charge in [-0.25, -0.2) is 9.59 Å². The molecular weight excluding hydrogens is 260 g/mol. The van der Waals surface area contributed by atoms with Crippen LogP contribution in [0.2, 0.25) is 0 Å². The van der Waals surface area contributed by atoms with Gasteiger partial charge in [0.15, 0.2) is 0 Å². The van der Waals surface area contributed by atoms with E-state index in [1.165, 1.54) is 0 Å². The summed E-state index contributed by atoms with van der Waals surface area (Å²) in [4.78, 5) is 22.9. The van der Waals surface area contributed by atoms with Crippen molar-refractivity contribution in [3.8, 4) is 0 Å². The van der Waals surface area contributed by atoms with Crippen molar-refractivity contribution in [1.29, 1.82) is 0 Å². The van der Waals surface area contributed by atoms with Crippen molar-refractivity contribution < 1.29 is 24.2 Å². The Morgan fingerprint density at radius 1 is 1.55 bits per heavy atom. The lowest BCUT2D eigenvalue weighted by Crippen LogP contribution is -2.29. The van der Waals surface area contributed by atoms with Crippen molar-refractivity contribution >= 4 is 11.9 Å². The maximum absolute atomic E-state index is 11.7. The lowest BCUT2D eigenvalue weighted by molar-refractivity contribution is -0.140. The van der Waals surface area contributed by atoms with Crippen LogP contribution in [0.1, 0.15) is 32.6 Å². The SMILES string of the molecule is C=C1C(=O)O[C@H]2[C@H]1CCC(C(=O)O)=CCC[C@@]1(C)O[C@@H]21. The summed E-state index contributed by atoms with van der Waals surface area (Å²) >= 11 is 0. The number of ether oxygens (including phenoxy) is 2. The van der Waals surface area contributed by atoms with E-state index in [9.17, 15) is 14.7 Å². The zero-order valence-corrected chi connectivity index (χ0v) is 11.4. The number of rotatable bonds is 1. The Balaban J connectivity index is 1.88. The summed E-state index contributed by atoms with van der Waals surface area (Å²) in [5.74, 6) is -1.41. The Kier molecular flexibility index (Phi) is 2.97. The summed E-state index contributed by atoms with van der Waals surface area (Å²) in [6.45, 7) is 5.78. The van der Waals surface area contributed by atoms with Gasteiger partial charge in [0.05, 0.1) is 5.60 Å². The molecule has 4 atom stereocenters. The van der Waals surface area contributed by atoms with Crippen molar-refractivity contribution in [2.45, 2.75) is 50.4 Å². The normalized spacial score (nSPS) is 40.2. The molecule has 1 N–H and O–H groups in total.